The zero-order valence-corrected chi connectivity index (χ0v) is 20.0. The lowest BCUT2D eigenvalue weighted by Gasteiger charge is -2.29. The van der Waals surface area contributed by atoms with Gasteiger partial charge in [0.05, 0.1) is 43.2 Å². The molecule has 7 nitrogen and oxygen atoms in total. The molecule has 0 aliphatic carbocycles. The summed E-state index contributed by atoms with van der Waals surface area (Å²) >= 11 is 7.79. The number of aryl methyl sites for hydroxylation is 1. The van der Waals surface area contributed by atoms with Crippen LogP contribution < -0.4 is 14.4 Å². The number of nitrogens with zero attached hydrogens (tertiary/aromatic N) is 3. The number of hydrogen-bond donors (Lipinski definition) is 0. The topological polar surface area (TPSA) is 64.1 Å². The molecule has 1 aliphatic heterocycles. The Morgan fingerprint density at radius 1 is 1.22 bits per heavy atom. The average Bonchev–Trinajstić information content (AvgIpc) is 3.26. The first-order chi connectivity index (χ1) is 15.5. The van der Waals surface area contributed by atoms with Gasteiger partial charge in [-0.2, -0.15) is 0 Å². The van der Waals surface area contributed by atoms with Gasteiger partial charge in [0.2, 0.25) is 0 Å². The molecular weight excluding hydrogens is 450 g/mol. The van der Waals surface area contributed by atoms with Gasteiger partial charge in [0.1, 0.15) is 0 Å². The van der Waals surface area contributed by atoms with Crippen LogP contribution in [-0.2, 0) is 4.74 Å². The lowest BCUT2D eigenvalue weighted by atomic mass is 10.1. The van der Waals surface area contributed by atoms with Gasteiger partial charge in [-0.05, 0) is 36.8 Å². The number of carbonyl (C=O) groups is 1. The molecule has 0 atom stereocenters. The molecule has 170 valence electrons. The van der Waals surface area contributed by atoms with Crippen molar-refractivity contribution in [3.63, 3.8) is 0 Å². The zero-order chi connectivity index (χ0) is 22.7. The second-order valence-electron chi connectivity index (χ2n) is 7.47. The number of thiazole rings is 1. The summed E-state index contributed by atoms with van der Waals surface area (Å²) in [5, 5.41) is 1.29. The summed E-state index contributed by atoms with van der Waals surface area (Å²) in [6, 6.07) is 9.13. The number of morpholine rings is 1. The van der Waals surface area contributed by atoms with Gasteiger partial charge < -0.3 is 14.2 Å². The summed E-state index contributed by atoms with van der Waals surface area (Å²) in [5.41, 5.74) is 2.16. The molecule has 1 fully saturated rings. The highest BCUT2D eigenvalue weighted by Crippen LogP contribution is 2.36. The minimum atomic E-state index is -0.184. The van der Waals surface area contributed by atoms with Crippen molar-refractivity contribution in [2.24, 2.45) is 0 Å². The van der Waals surface area contributed by atoms with Gasteiger partial charge in [-0.3, -0.25) is 14.6 Å². The predicted molar refractivity (Wildman–Crippen MR) is 128 cm³/mol. The van der Waals surface area contributed by atoms with Crippen LogP contribution >= 0.6 is 22.9 Å². The number of fused-ring (bicyclic) bond motifs is 1. The first kappa shape index (κ1) is 22.8. The maximum absolute atomic E-state index is 13.8. The number of carbonyl (C=O) groups excluding carboxylic acids is 1. The maximum atomic E-state index is 13.8. The summed E-state index contributed by atoms with van der Waals surface area (Å²) in [6.45, 7) is 6.26. The molecular formula is C23H26ClN3O4S. The molecule has 0 spiro atoms. The van der Waals surface area contributed by atoms with Crippen molar-refractivity contribution in [3.8, 4) is 11.5 Å². The monoisotopic (exact) mass is 475 g/mol. The number of para-hydroxylation sites is 1. The third-order valence-corrected chi connectivity index (χ3v) is 7.04. The smallest absolute Gasteiger partial charge is 0.264 e. The van der Waals surface area contributed by atoms with E-state index in [1.807, 2.05) is 19.1 Å². The highest BCUT2D eigenvalue weighted by molar-refractivity contribution is 7.22. The van der Waals surface area contributed by atoms with Gasteiger partial charge in [0.15, 0.2) is 16.6 Å². The third kappa shape index (κ3) is 4.54. The Balaban J connectivity index is 1.72. The fourth-order valence-corrected chi connectivity index (χ4v) is 4.96. The molecule has 1 amide bonds. The molecule has 0 bridgehead atoms. The molecule has 0 saturated carbocycles. The van der Waals surface area contributed by atoms with Gasteiger partial charge >= 0.3 is 0 Å². The fourth-order valence-electron chi connectivity index (χ4n) is 3.76. The molecule has 1 aromatic heterocycles. The SMILES string of the molecule is COc1cccc(C(=O)N(CCN2CCOCC2)c2nc3c(C)c(Cl)ccc3s2)c1OC. The van der Waals surface area contributed by atoms with E-state index in [4.69, 9.17) is 30.8 Å². The second-order valence-corrected chi connectivity index (χ2v) is 8.88. The summed E-state index contributed by atoms with van der Waals surface area (Å²) in [5.74, 6) is 0.743. The van der Waals surface area contributed by atoms with Crippen molar-refractivity contribution in [2.45, 2.75) is 6.92 Å². The van der Waals surface area contributed by atoms with Gasteiger partial charge in [0.25, 0.3) is 5.91 Å². The summed E-state index contributed by atoms with van der Waals surface area (Å²) in [6.07, 6.45) is 0. The maximum Gasteiger partial charge on any atom is 0.264 e. The van der Waals surface area contributed by atoms with Gasteiger partial charge in [-0.1, -0.05) is 29.0 Å². The Bertz CT molecular complexity index is 1110. The largest absolute Gasteiger partial charge is 0.493 e. The van der Waals surface area contributed by atoms with E-state index in [2.05, 4.69) is 4.90 Å². The molecule has 1 saturated heterocycles. The van der Waals surface area contributed by atoms with Crippen LogP contribution in [0.25, 0.3) is 10.2 Å². The Labute approximate surface area is 196 Å². The van der Waals surface area contributed by atoms with Crippen molar-refractivity contribution >= 4 is 44.2 Å². The van der Waals surface area contributed by atoms with Crippen molar-refractivity contribution < 1.29 is 19.0 Å². The number of halogens is 1. The summed E-state index contributed by atoms with van der Waals surface area (Å²) < 4.78 is 17.4. The number of hydrogen-bond acceptors (Lipinski definition) is 7. The van der Waals surface area contributed by atoms with E-state index in [1.54, 1.807) is 30.2 Å². The van der Waals surface area contributed by atoms with Crippen LogP contribution in [0.3, 0.4) is 0 Å². The van der Waals surface area contributed by atoms with Gasteiger partial charge in [0, 0.05) is 31.2 Å². The number of anilines is 1. The minimum Gasteiger partial charge on any atom is -0.493 e. The molecule has 0 radical (unpaired) electrons. The zero-order valence-electron chi connectivity index (χ0n) is 18.4. The highest BCUT2D eigenvalue weighted by Gasteiger charge is 2.27. The molecule has 4 rings (SSSR count). The molecule has 3 aromatic rings. The van der Waals surface area contributed by atoms with Crippen LogP contribution in [-0.4, -0.2) is 69.4 Å². The first-order valence-corrected chi connectivity index (χ1v) is 11.6. The van der Waals surface area contributed by atoms with Crippen molar-refractivity contribution in [1.29, 1.82) is 0 Å². The van der Waals surface area contributed by atoms with Crippen LogP contribution in [0.5, 0.6) is 11.5 Å². The van der Waals surface area contributed by atoms with E-state index in [-0.39, 0.29) is 5.91 Å². The van der Waals surface area contributed by atoms with E-state index in [1.165, 1.54) is 18.4 Å². The molecule has 9 heteroatoms. The molecule has 0 N–H and O–H groups in total. The molecule has 0 unspecified atom stereocenters. The Morgan fingerprint density at radius 2 is 2.00 bits per heavy atom. The number of benzene rings is 2. The number of ether oxygens (including phenoxy) is 3. The lowest BCUT2D eigenvalue weighted by molar-refractivity contribution is 0.0391. The second kappa shape index (κ2) is 10.0. The Morgan fingerprint density at radius 3 is 2.72 bits per heavy atom. The number of aromatic nitrogens is 1. The van der Waals surface area contributed by atoms with Crippen LogP contribution in [0, 0.1) is 6.92 Å². The van der Waals surface area contributed by atoms with Crippen LogP contribution in [0.15, 0.2) is 30.3 Å². The van der Waals surface area contributed by atoms with Gasteiger partial charge in [-0.25, -0.2) is 4.98 Å². The summed E-state index contributed by atoms with van der Waals surface area (Å²) in [4.78, 5) is 22.6. The third-order valence-electron chi connectivity index (χ3n) is 5.59. The van der Waals surface area contributed by atoms with E-state index in [0.717, 1.165) is 35.4 Å². The van der Waals surface area contributed by atoms with E-state index in [9.17, 15) is 4.79 Å². The predicted octanol–water partition coefficient (Wildman–Crippen LogP) is 4.25. The first-order valence-electron chi connectivity index (χ1n) is 10.4. The van der Waals surface area contributed by atoms with E-state index >= 15 is 0 Å². The molecule has 2 heterocycles. The van der Waals surface area contributed by atoms with Crippen LogP contribution in [0.4, 0.5) is 5.13 Å². The summed E-state index contributed by atoms with van der Waals surface area (Å²) in [7, 11) is 3.10. The molecule has 32 heavy (non-hydrogen) atoms. The quantitative estimate of drug-likeness (QED) is 0.509. The molecule has 2 aromatic carbocycles. The highest BCUT2D eigenvalue weighted by atomic mass is 35.5. The normalized spacial score (nSPS) is 14.5. The Kier molecular flexibility index (Phi) is 7.15. The number of methoxy groups -OCH3 is 2. The lowest BCUT2D eigenvalue weighted by Crippen LogP contribution is -2.43. The minimum absolute atomic E-state index is 0.184. The van der Waals surface area contributed by atoms with Crippen molar-refractivity contribution in [3.05, 3.63) is 46.5 Å². The molecule has 1 aliphatic rings. The van der Waals surface area contributed by atoms with E-state index < -0.39 is 0 Å². The van der Waals surface area contributed by atoms with Crippen molar-refractivity contribution in [2.75, 3.05) is 58.5 Å². The number of rotatable bonds is 7. The fraction of sp³-hybridized carbons (Fsp3) is 0.391. The van der Waals surface area contributed by atoms with Crippen LogP contribution in [0.2, 0.25) is 5.02 Å². The average molecular weight is 476 g/mol. The number of amides is 1. The standard InChI is InChI=1S/C23H26ClN3O4S/c1-15-17(24)7-8-19-20(15)25-23(32-19)27(10-9-26-11-13-31-14-12-26)22(28)16-5-4-6-18(29-2)21(16)30-3/h4-8H,9-14H2,1-3H3. The van der Waals surface area contributed by atoms with E-state index in [0.29, 0.717) is 47.0 Å². The van der Waals surface area contributed by atoms with Crippen LogP contribution in [0.1, 0.15) is 15.9 Å². The Hall–Kier alpha value is -2.39. The van der Waals surface area contributed by atoms with Gasteiger partial charge in [-0.15, -0.1) is 0 Å². The van der Waals surface area contributed by atoms with Crippen molar-refractivity contribution in [1.82, 2.24) is 9.88 Å².